The fraction of sp³-hybridized carbons (Fsp3) is 0.312. The fourth-order valence-corrected chi connectivity index (χ4v) is 4.31. The second-order valence-corrected chi connectivity index (χ2v) is 7.42. The highest BCUT2D eigenvalue weighted by Crippen LogP contribution is 2.38. The maximum Gasteiger partial charge on any atom is 0.226 e. The van der Waals surface area contributed by atoms with Gasteiger partial charge in [-0.05, 0) is 29.3 Å². The number of aliphatic hydroxyl groups excluding tert-OH is 2. The Kier molecular flexibility index (Phi) is 4.70. The number of aromatic nitrogens is 4. The molecule has 0 amide bonds. The number of hydrogen-bond donors (Lipinski definition) is 3. The number of fused-ring (bicyclic) bond motifs is 1. The smallest absolute Gasteiger partial charge is 0.226 e. The molecule has 0 unspecified atom stereocenters. The van der Waals surface area contributed by atoms with E-state index in [9.17, 15) is 14.6 Å². The predicted molar refractivity (Wildman–Crippen MR) is 97.6 cm³/mol. The Hall–Kier alpha value is -1.94. The quantitative estimate of drug-likeness (QED) is 0.583. The Labute approximate surface area is 157 Å². The summed E-state index contributed by atoms with van der Waals surface area (Å²) in [4.78, 5) is 12.7. The molecule has 1 fully saturated rings. The summed E-state index contributed by atoms with van der Waals surface area (Å²) in [5.74, 6) is 0.529. The molecule has 1 aromatic carbocycles. The van der Waals surface area contributed by atoms with Gasteiger partial charge in [0.15, 0.2) is 17.0 Å². The van der Waals surface area contributed by atoms with Gasteiger partial charge in [0.05, 0.1) is 12.4 Å². The number of nitrogens with zero attached hydrogens (tertiary/aromatic N) is 4. The van der Waals surface area contributed by atoms with Crippen molar-refractivity contribution in [2.24, 2.45) is 0 Å². The molecule has 3 atom stereocenters. The number of hydrogen-bond acceptors (Lipinski definition) is 7. The summed E-state index contributed by atoms with van der Waals surface area (Å²) in [5.41, 5.74) is 1.69. The second kappa shape index (κ2) is 6.99. The van der Waals surface area contributed by atoms with E-state index in [0.29, 0.717) is 29.3 Å². The third kappa shape index (κ3) is 3.23. The Balaban J connectivity index is 1.66. The van der Waals surface area contributed by atoms with Crippen LogP contribution in [0.5, 0.6) is 0 Å². The number of thioether (sulfide) groups is 1. The summed E-state index contributed by atoms with van der Waals surface area (Å²) >= 11 is 7.46. The average Bonchev–Trinajstić information content (AvgIpc) is 3.17. The van der Waals surface area contributed by atoms with E-state index in [-0.39, 0.29) is 11.1 Å². The van der Waals surface area contributed by atoms with Crippen molar-refractivity contribution in [3.05, 3.63) is 47.3 Å². The van der Waals surface area contributed by atoms with Crippen LogP contribution in [0.15, 0.2) is 30.6 Å². The van der Waals surface area contributed by atoms with Gasteiger partial charge in [0.25, 0.3) is 0 Å². The summed E-state index contributed by atoms with van der Waals surface area (Å²) in [7, 11) is 0. The lowest BCUT2D eigenvalue weighted by atomic mass is 10.2. The van der Waals surface area contributed by atoms with Crippen LogP contribution < -0.4 is 5.32 Å². The first kappa shape index (κ1) is 17.5. The Morgan fingerprint density at radius 1 is 1.35 bits per heavy atom. The number of anilines is 1. The lowest BCUT2D eigenvalue weighted by Crippen LogP contribution is -2.27. The Morgan fingerprint density at radius 2 is 2.19 bits per heavy atom. The molecule has 136 valence electrons. The summed E-state index contributed by atoms with van der Waals surface area (Å²) in [6.45, 7) is 0.340. The van der Waals surface area contributed by atoms with Crippen LogP contribution in [0.25, 0.3) is 11.2 Å². The van der Waals surface area contributed by atoms with Crippen molar-refractivity contribution >= 4 is 40.3 Å². The van der Waals surface area contributed by atoms with Gasteiger partial charge in [0.1, 0.15) is 17.3 Å². The molecule has 0 aliphatic carbocycles. The highest BCUT2D eigenvalue weighted by molar-refractivity contribution is 7.99. The summed E-state index contributed by atoms with van der Waals surface area (Å²) in [6, 6.07) is 6.23. The monoisotopic (exact) mass is 395 g/mol. The molecule has 3 heterocycles. The molecule has 10 heteroatoms. The maximum absolute atomic E-state index is 13.3. The van der Waals surface area contributed by atoms with Crippen molar-refractivity contribution in [2.75, 3.05) is 11.1 Å². The molecule has 0 saturated carbocycles. The molecule has 1 saturated heterocycles. The minimum atomic E-state index is -0.921. The van der Waals surface area contributed by atoms with Crippen molar-refractivity contribution in [1.29, 1.82) is 0 Å². The van der Waals surface area contributed by atoms with E-state index in [1.54, 1.807) is 23.0 Å². The van der Waals surface area contributed by atoms with Gasteiger partial charge in [-0.15, -0.1) is 11.8 Å². The largest absolute Gasteiger partial charge is 0.389 e. The van der Waals surface area contributed by atoms with Gasteiger partial charge in [0.2, 0.25) is 5.28 Å². The Morgan fingerprint density at radius 3 is 2.92 bits per heavy atom. The molecule has 1 aliphatic rings. The van der Waals surface area contributed by atoms with E-state index in [2.05, 4.69) is 20.3 Å². The maximum atomic E-state index is 13.3. The summed E-state index contributed by atoms with van der Waals surface area (Å²) in [5, 5.41) is 22.7. The fourth-order valence-electron chi connectivity index (χ4n) is 2.86. The van der Waals surface area contributed by atoms with Crippen molar-refractivity contribution in [2.45, 2.75) is 24.1 Å². The van der Waals surface area contributed by atoms with Crippen LogP contribution in [-0.2, 0) is 6.54 Å². The van der Waals surface area contributed by atoms with Crippen LogP contribution in [0.4, 0.5) is 10.2 Å². The third-order valence-electron chi connectivity index (χ3n) is 4.14. The number of imidazole rings is 1. The van der Waals surface area contributed by atoms with Crippen LogP contribution in [-0.4, -0.2) is 47.7 Å². The molecule has 0 radical (unpaired) electrons. The molecular formula is C16H15ClFN5O2S. The molecule has 2 aromatic heterocycles. The van der Waals surface area contributed by atoms with E-state index < -0.39 is 17.6 Å². The van der Waals surface area contributed by atoms with Crippen molar-refractivity contribution in [3.63, 3.8) is 0 Å². The minimum absolute atomic E-state index is 0.0269. The SMILES string of the molecule is O[C@@H]1[C@H](n2cnc3c(NCc4cccc(F)c4)nc(Cl)nc32)SC[C@@H]1O. The van der Waals surface area contributed by atoms with E-state index in [1.165, 1.54) is 23.9 Å². The highest BCUT2D eigenvalue weighted by Gasteiger charge is 2.36. The van der Waals surface area contributed by atoms with Crippen molar-refractivity contribution in [1.82, 2.24) is 19.5 Å². The first-order valence-corrected chi connectivity index (χ1v) is 9.32. The predicted octanol–water partition coefficient (Wildman–Crippen LogP) is 2.20. The third-order valence-corrected chi connectivity index (χ3v) is 5.69. The summed E-state index contributed by atoms with van der Waals surface area (Å²) in [6.07, 6.45) is -0.178. The van der Waals surface area contributed by atoms with Crippen LogP contribution in [0.2, 0.25) is 5.28 Å². The van der Waals surface area contributed by atoms with Gasteiger partial charge >= 0.3 is 0 Å². The zero-order valence-electron chi connectivity index (χ0n) is 13.4. The molecule has 3 N–H and O–H groups in total. The molecular weight excluding hydrogens is 381 g/mol. The number of halogens is 2. The van der Waals surface area contributed by atoms with Crippen LogP contribution in [0.3, 0.4) is 0 Å². The second-order valence-electron chi connectivity index (χ2n) is 5.93. The van der Waals surface area contributed by atoms with Crippen LogP contribution >= 0.6 is 23.4 Å². The normalized spacial score (nSPS) is 22.8. The van der Waals surface area contributed by atoms with E-state index >= 15 is 0 Å². The standard InChI is InChI=1S/C16H15ClFN5O2S/c17-16-21-13(19-5-8-2-1-3-9(18)4-8)11-14(22-16)23(7-20-11)15-12(25)10(24)6-26-15/h1-4,7,10,12,15,24-25H,5-6H2,(H,19,21,22)/t10-,12-,15+/m0/s1. The first-order valence-electron chi connectivity index (χ1n) is 7.89. The first-order chi connectivity index (χ1) is 12.5. The average molecular weight is 396 g/mol. The molecule has 1 aliphatic heterocycles. The van der Waals surface area contributed by atoms with E-state index in [1.807, 2.05) is 0 Å². The van der Waals surface area contributed by atoms with Gasteiger partial charge in [0, 0.05) is 12.3 Å². The molecule has 26 heavy (non-hydrogen) atoms. The van der Waals surface area contributed by atoms with Gasteiger partial charge in [-0.3, -0.25) is 4.57 Å². The van der Waals surface area contributed by atoms with Crippen molar-refractivity contribution in [3.8, 4) is 0 Å². The molecule has 4 rings (SSSR count). The topological polar surface area (TPSA) is 96.1 Å². The summed E-state index contributed by atoms with van der Waals surface area (Å²) < 4.78 is 15.0. The molecule has 0 spiro atoms. The van der Waals surface area contributed by atoms with E-state index in [4.69, 9.17) is 11.6 Å². The van der Waals surface area contributed by atoms with Crippen molar-refractivity contribution < 1.29 is 14.6 Å². The number of rotatable bonds is 4. The lowest BCUT2D eigenvalue weighted by molar-refractivity contribution is 0.0313. The van der Waals surface area contributed by atoms with Crippen LogP contribution in [0.1, 0.15) is 10.9 Å². The minimum Gasteiger partial charge on any atom is -0.389 e. The zero-order chi connectivity index (χ0) is 18.3. The number of benzene rings is 1. The highest BCUT2D eigenvalue weighted by atomic mass is 35.5. The lowest BCUT2D eigenvalue weighted by Gasteiger charge is -2.17. The zero-order valence-corrected chi connectivity index (χ0v) is 15.0. The van der Waals surface area contributed by atoms with Gasteiger partial charge in [-0.1, -0.05) is 12.1 Å². The van der Waals surface area contributed by atoms with Crippen LogP contribution in [0, 0.1) is 5.82 Å². The molecule has 3 aromatic rings. The molecule has 7 nitrogen and oxygen atoms in total. The molecule has 0 bridgehead atoms. The number of aliphatic hydroxyl groups is 2. The Bertz CT molecular complexity index is 956. The number of nitrogens with one attached hydrogen (secondary N) is 1. The van der Waals surface area contributed by atoms with Gasteiger partial charge in [-0.25, -0.2) is 9.37 Å². The van der Waals surface area contributed by atoms with Gasteiger partial charge < -0.3 is 15.5 Å². The van der Waals surface area contributed by atoms with Gasteiger partial charge in [-0.2, -0.15) is 9.97 Å². The van der Waals surface area contributed by atoms with E-state index in [0.717, 1.165) is 5.56 Å².